The number of para-hydroxylation sites is 1. The fourth-order valence-electron chi connectivity index (χ4n) is 4.61. The molecule has 3 aromatic rings. The molecule has 4 heterocycles. The van der Waals surface area contributed by atoms with Crippen LogP contribution in [0.2, 0.25) is 0 Å². The van der Waals surface area contributed by atoms with E-state index in [9.17, 15) is 9.59 Å². The van der Waals surface area contributed by atoms with E-state index in [1.165, 1.54) is 6.42 Å². The number of primary amides is 1. The van der Waals surface area contributed by atoms with Crippen molar-refractivity contribution in [1.82, 2.24) is 14.9 Å². The lowest BCUT2D eigenvalue weighted by Gasteiger charge is -2.33. The van der Waals surface area contributed by atoms with Gasteiger partial charge in [0, 0.05) is 36.8 Å². The molecule has 0 bridgehead atoms. The van der Waals surface area contributed by atoms with Crippen LogP contribution >= 0.6 is 0 Å². The van der Waals surface area contributed by atoms with E-state index in [1.54, 1.807) is 23.2 Å². The van der Waals surface area contributed by atoms with Crippen molar-refractivity contribution in [3.8, 4) is 0 Å². The van der Waals surface area contributed by atoms with Gasteiger partial charge in [-0.1, -0.05) is 18.2 Å². The Morgan fingerprint density at radius 1 is 1.03 bits per heavy atom. The summed E-state index contributed by atoms with van der Waals surface area (Å²) in [4.78, 5) is 38.6. The molecule has 1 aromatic carbocycles. The Morgan fingerprint density at radius 3 is 2.67 bits per heavy atom. The summed E-state index contributed by atoms with van der Waals surface area (Å²) in [6.45, 7) is 3.18. The summed E-state index contributed by atoms with van der Waals surface area (Å²) in [5.41, 5.74) is 7.93. The van der Waals surface area contributed by atoms with Gasteiger partial charge >= 0.3 is 0 Å². The van der Waals surface area contributed by atoms with E-state index in [-0.39, 0.29) is 5.91 Å². The first-order valence-electron chi connectivity index (χ1n) is 11.4. The number of anilines is 1. The number of nitrogens with zero attached hydrogens (tertiary/aromatic N) is 4. The number of ether oxygens (including phenoxy) is 1. The number of fused-ring (bicyclic) bond motifs is 1. The minimum Gasteiger partial charge on any atom is -0.368 e. The molecule has 2 aliphatic heterocycles. The van der Waals surface area contributed by atoms with Gasteiger partial charge in [-0.2, -0.15) is 0 Å². The summed E-state index contributed by atoms with van der Waals surface area (Å²) >= 11 is 0. The maximum absolute atomic E-state index is 13.3. The minimum absolute atomic E-state index is 0.0557. The Balaban J connectivity index is 1.38. The highest BCUT2D eigenvalue weighted by molar-refractivity contribution is 6.05. The van der Waals surface area contributed by atoms with Gasteiger partial charge in [0.15, 0.2) is 0 Å². The number of amides is 2. The van der Waals surface area contributed by atoms with Gasteiger partial charge in [0.25, 0.3) is 5.91 Å². The van der Waals surface area contributed by atoms with Gasteiger partial charge in [-0.3, -0.25) is 9.59 Å². The highest BCUT2D eigenvalue weighted by Crippen LogP contribution is 2.27. The summed E-state index contributed by atoms with van der Waals surface area (Å²) in [5.74, 6) is 0.285. The molecule has 0 spiro atoms. The van der Waals surface area contributed by atoms with Crippen LogP contribution in [-0.4, -0.2) is 59.5 Å². The summed E-state index contributed by atoms with van der Waals surface area (Å²) in [6.07, 6.45) is 4.81. The Bertz CT molecular complexity index is 1190. The number of hydrogen-bond acceptors (Lipinski definition) is 6. The van der Waals surface area contributed by atoms with Gasteiger partial charge in [0.05, 0.1) is 29.9 Å². The second-order valence-corrected chi connectivity index (χ2v) is 8.54. The summed E-state index contributed by atoms with van der Waals surface area (Å²) in [6, 6.07) is 12.7. The molecule has 5 rings (SSSR count). The van der Waals surface area contributed by atoms with Crippen LogP contribution in [0.5, 0.6) is 0 Å². The Morgan fingerprint density at radius 2 is 1.85 bits per heavy atom. The molecule has 2 amide bonds. The highest BCUT2D eigenvalue weighted by Gasteiger charge is 2.28. The average Bonchev–Trinajstić information content (AvgIpc) is 2.88. The highest BCUT2D eigenvalue weighted by atomic mass is 16.5. The smallest absolute Gasteiger partial charge is 0.254 e. The number of carbonyl (C=O) groups excluding carboxylic acids is 2. The number of benzene rings is 1. The fraction of sp³-hybridized carbons (Fsp3) is 0.360. The van der Waals surface area contributed by atoms with E-state index in [0.29, 0.717) is 47.4 Å². The molecule has 2 fully saturated rings. The Kier molecular flexibility index (Phi) is 5.92. The monoisotopic (exact) mass is 445 g/mol. The molecule has 0 saturated carbocycles. The summed E-state index contributed by atoms with van der Waals surface area (Å²) in [5, 5.41) is 0.708. The third kappa shape index (κ3) is 4.39. The van der Waals surface area contributed by atoms with Crippen LogP contribution in [0.4, 0.5) is 5.82 Å². The molecule has 2 aromatic heterocycles. The molecule has 0 aliphatic carbocycles. The van der Waals surface area contributed by atoms with Crippen molar-refractivity contribution in [1.29, 1.82) is 0 Å². The van der Waals surface area contributed by atoms with E-state index in [1.807, 2.05) is 30.3 Å². The molecule has 2 aliphatic rings. The number of pyridine rings is 2. The molecule has 170 valence electrons. The van der Waals surface area contributed by atoms with Crippen molar-refractivity contribution in [2.75, 3.05) is 37.7 Å². The summed E-state index contributed by atoms with van der Waals surface area (Å²) < 4.78 is 5.95. The lowest BCUT2D eigenvalue weighted by atomic mass is 10.0. The van der Waals surface area contributed by atoms with Crippen molar-refractivity contribution in [3.63, 3.8) is 0 Å². The number of rotatable bonds is 4. The number of carbonyl (C=O) groups is 2. The molecular formula is C25H27N5O3. The predicted octanol–water partition coefficient (Wildman–Crippen LogP) is 2.93. The zero-order chi connectivity index (χ0) is 22.8. The van der Waals surface area contributed by atoms with Gasteiger partial charge in [-0.15, -0.1) is 0 Å². The zero-order valence-electron chi connectivity index (χ0n) is 18.4. The molecule has 2 N–H and O–H groups in total. The molecule has 2 saturated heterocycles. The SMILES string of the molecule is NC(=O)c1cc([C@H]2CN(C(=O)c3ccnc(N4CCCCC4)c3)CCO2)nc2ccccc12. The standard InChI is InChI=1S/C25H27N5O3/c26-24(31)19-15-21(28-20-7-3-2-6-18(19)20)22-16-30(12-13-33-22)25(32)17-8-9-27-23(14-17)29-10-4-1-5-11-29/h2-3,6-9,14-15,22H,1,4-5,10-13,16H2,(H2,26,31)/t22-/m1/s1. The van der Waals surface area contributed by atoms with E-state index in [4.69, 9.17) is 15.5 Å². The predicted molar refractivity (Wildman–Crippen MR) is 125 cm³/mol. The Hall–Kier alpha value is -3.52. The zero-order valence-corrected chi connectivity index (χ0v) is 18.4. The van der Waals surface area contributed by atoms with Gasteiger partial charge in [0.2, 0.25) is 5.91 Å². The first kappa shape index (κ1) is 21.3. The summed E-state index contributed by atoms with van der Waals surface area (Å²) in [7, 11) is 0. The third-order valence-electron chi connectivity index (χ3n) is 6.36. The second kappa shape index (κ2) is 9.15. The molecule has 0 unspecified atom stereocenters. The van der Waals surface area contributed by atoms with Crippen molar-refractivity contribution in [2.24, 2.45) is 5.73 Å². The van der Waals surface area contributed by atoms with Crippen LogP contribution in [0.1, 0.15) is 51.8 Å². The van der Waals surface area contributed by atoms with Crippen molar-refractivity contribution >= 4 is 28.5 Å². The molecule has 0 radical (unpaired) electrons. The van der Waals surface area contributed by atoms with E-state index in [0.717, 1.165) is 31.7 Å². The topological polar surface area (TPSA) is 102 Å². The number of aromatic nitrogens is 2. The van der Waals surface area contributed by atoms with Gasteiger partial charge in [-0.05, 0) is 43.5 Å². The number of morpholine rings is 1. The molecule has 8 nitrogen and oxygen atoms in total. The van der Waals surface area contributed by atoms with Crippen molar-refractivity contribution < 1.29 is 14.3 Å². The van der Waals surface area contributed by atoms with Crippen LogP contribution in [0.25, 0.3) is 10.9 Å². The second-order valence-electron chi connectivity index (χ2n) is 8.54. The molecule has 1 atom stereocenters. The average molecular weight is 446 g/mol. The first-order valence-corrected chi connectivity index (χ1v) is 11.4. The van der Waals surface area contributed by atoms with Crippen LogP contribution in [-0.2, 0) is 4.74 Å². The van der Waals surface area contributed by atoms with Crippen LogP contribution < -0.4 is 10.6 Å². The molecule has 8 heteroatoms. The maximum Gasteiger partial charge on any atom is 0.254 e. The first-order chi connectivity index (χ1) is 16.1. The van der Waals surface area contributed by atoms with Crippen LogP contribution in [0, 0.1) is 0 Å². The maximum atomic E-state index is 13.3. The van der Waals surface area contributed by atoms with Crippen molar-refractivity contribution in [2.45, 2.75) is 25.4 Å². The van der Waals surface area contributed by atoms with Gasteiger partial charge < -0.3 is 20.3 Å². The molecule has 33 heavy (non-hydrogen) atoms. The van der Waals surface area contributed by atoms with Gasteiger partial charge in [-0.25, -0.2) is 9.97 Å². The number of hydrogen-bond donors (Lipinski definition) is 1. The largest absolute Gasteiger partial charge is 0.368 e. The lowest BCUT2D eigenvalue weighted by Crippen LogP contribution is -2.42. The lowest BCUT2D eigenvalue weighted by molar-refractivity contribution is -0.0246. The third-order valence-corrected chi connectivity index (χ3v) is 6.36. The number of piperidine rings is 1. The fourth-order valence-corrected chi connectivity index (χ4v) is 4.61. The normalized spacial score (nSPS) is 19.0. The van der Waals surface area contributed by atoms with E-state index >= 15 is 0 Å². The van der Waals surface area contributed by atoms with Gasteiger partial charge in [0.1, 0.15) is 11.9 Å². The van der Waals surface area contributed by atoms with Crippen LogP contribution in [0.3, 0.4) is 0 Å². The quantitative estimate of drug-likeness (QED) is 0.663. The van der Waals surface area contributed by atoms with E-state index < -0.39 is 12.0 Å². The number of nitrogens with two attached hydrogens (primary N) is 1. The Labute approximate surface area is 192 Å². The minimum atomic E-state index is -0.513. The van der Waals surface area contributed by atoms with Crippen molar-refractivity contribution in [3.05, 3.63) is 65.5 Å². The van der Waals surface area contributed by atoms with E-state index in [2.05, 4.69) is 9.88 Å². The molecular weight excluding hydrogens is 418 g/mol. The van der Waals surface area contributed by atoms with Crippen LogP contribution in [0.15, 0.2) is 48.7 Å².